The van der Waals surface area contributed by atoms with Gasteiger partial charge in [-0.15, -0.1) is 11.6 Å². The van der Waals surface area contributed by atoms with E-state index in [2.05, 4.69) is 44.5 Å². The smallest absolute Gasteiger partial charge is 0.139 e. The first-order chi connectivity index (χ1) is 9.52. The summed E-state index contributed by atoms with van der Waals surface area (Å²) < 4.78 is 16.2. The van der Waals surface area contributed by atoms with E-state index >= 15 is 0 Å². The zero-order chi connectivity index (χ0) is 14.7. The molecule has 0 unspecified atom stereocenters. The van der Waals surface area contributed by atoms with Crippen LogP contribution in [0.1, 0.15) is 12.2 Å². The molecule has 0 bridgehead atoms. The molecule has 3 nitrogen and oxygen atoms in total. The van der Waals surface area contributed by atoms with Crippen LogP contribution in [0.2, 0.25) is 0 Å². The summed E-state index contributed by atoms with van der Waals surface area (Å²) in [7, 11) is 4.11. The highest BCUT2D eigenvalue weighted by Gasteiger charge is 2.13. The number of benzene rings is 1. The van der Waals surface area contributed by atoms with E-state index in [1.165, 1.54) is 6.07 Å². The van der Waals surface area contributed by atoms with Gasteiger partial charge in [0.15, 0.2) is 0 Å². The van der Waals surface area contributed by atoms with Gasteiger partial charge in [0.2, 0.25) is 0 Å². The highest BCUT2D eigenvalue weighted by Crippen LogP contribution is 2.25. The van der Waals surface area contributed by atoms with E-state index in [1.54, 1.807) is 6.07 Å². The Bertz CT molecular complexity index is 598. The topological polar surface area (TPSA) is 21.1 Å². The van der Waals surface area contributed by atoms with Gasteiger partial charge in [0, 0.05) is 24.9 Å². The van der Waals surface area contributed by atoms with Crippen molar-refractivity contribution in [3.8, 4) is 0 Å². The molecule has 2 rings (SSSR count). The van der Waals surface area contributed by atoms with Gasteiger partial charge in [-0.25, -0.2) is 9.37 Å². The lowest BCUT2D eigenvalue weighted by molar-refractivity contribution is 0.386. The minimum Gasteiger partial charge on any atom is -0.328 e. The molecule has 0 aliphatic rings. The van der Waals surface area contributed by atoms with Crippen LogP contribution in [0.15, 0.2) is 16.6 Å². The minimum atomic E-state index is -0.284. The highest BCUT2D eigenvalue weighted by atomic mass is 79.9. The SMILES string of the molecule is CN(C)CCCn1c(CCCl)nc2cc(F)c(Br)cc21. The van der Waals surface area contributed by atoms with Crippen molar-refractivity contribution in [2.24, 2.45) is 0 Å². The molecule has 0 fully saturated rings. The van der Waals surface area contributed by atoms with Gasteiger partial charge in [-0.3, -0.25) is 0 Å². The van der Waals surface area contributed by atoms with Gasteiger partial charge in [0.1, 0.15) is 11.6 Å². The van der Waals surface area contributed by atoms with Crippen molar-refractivity contribution in [2.75, 3.05) is 26.5 Å². The van der Waals surface area contributed by atoms with E-state index in [4.69, 9.17) is 11.6 Å². The fourth-order valence-electron chi connectivity index (χ4n) is 2.24. The normalized spacial score (nSPS) is 11.7. The van der Waals surface area contributed by atoms with Crippen LogP contribution in [0.4, 0.5) is 4.39 Å². The van der Waals surface area contributed by atoms with E-state index < -0.39 is 0 Å². The number of imidazole rings is 1. The number of fused-ring (bicyclic) bond motifs is 1. The first kappa shape index (κ1) is 15.7. The lowest BCUT2D eigenvalue weighted by Crippen LogP contribution is -2.16. The molecular formula is C14H18BrClFN3. The van der Waals surface area contributed by atoms with Crippen LogP contribution in [0.25, 0.3) is 11.0 Å². The third-order valence-corrected chi connectivity index (χ3v) is 3.97. The van der Waals surface area contributed by atoms with Crippen LogP contribution in [-0.2, 0) is 13.0 Å². The van der Waals surface area contributed by atoms with Crippen LogP contribution in [-0.4, -0.2) is 41.0 Å². The molecule has 0 saturated carbocycles. The van der Waals surface area contributed by atoms with Crippen LogP contribution in [0, 0.1) is 5.82 Å². The zero-order valence-electron chi connectivity index (χ0n) is 11.7. The van der Waals surface area contributed by atoms with E-state index in [0.29, 0.717) is 22.3 Å². The van der Waals surface area contributed by atoms with Crippen molar-refractivity contribution in [3.63, 3.8) is 0 Å². The third kappa shape index (κ3) is 3.51. The molecule has 6 heteroatoms. The number of nitrogens with zero attached hydrogens (tertiary/aromatic N) is 3. The van der Waals surface area contributed by atoms with Gasteiger partial charge >= 0.3 is 0 Å². The Balaban J connectivity index is 2.37. The predicted molar refractivity (Wildman–Crippen MR) is 85.0 cm³/mol. The zero-order valence-corrected chi connectivity index (χ0v) is 14.0. The number of aromatic nitrogens is 2. The summed E-state index contributed by atoms with van der Waals surface area (Å²) in [6.45, 7) is 1.86. The van der Waals surface area contributed by atoms with Crippen molar-refractivity contribution in [2.45, 2.75) is 19.4 Å². The van der Waals surface area contributed by atoms with Crippen molar-refractivity contribution < 1.29 is 4.39 Å². The third-order valence-electron chi connectivity index (χ3n) is 3.17. The van der Waals surface area contributed by atoms with Gasteiger partial charge in [-0.05, 0) is 49.1 Å². The maximum absolute atomic E-state index is 13.6. The van der Waals surface area contributed by atoms with Gasteiger partial charge in [-0.1, -0.05) is 0 Å². The molecule has 0 aliphatic carbocycles. The van der Waals surface area contributed by atoms with Crippen molar-refractivity contribution >= 4 is 38.6 Å². The van der Waals surface area contributed by atoms with Crippen molar-refractivity contribution in [3.05, 3.63) is 28.2 Å². The van der Waals surface area contributed by atoms with Crippen LogP contribution in [0.3, 0.4) is 0 Å². The van der Waals surface area contributed by atoms with E-state index in [1.807, 2.05) is 0 Å². The summed E-state index contributed by atoms with van der Waals surface area (Å²) in [5.74, 6) is 1.15. The molecule has 110 valence electrons. The average Bonchev–Trinajstić information content (AvgIpc) is 2.68. The predicted octanol–water partition coefficient (Wildman–Crippen LogP) is 3.67. The molecule has 2 aromatic rings. The fourth-order valence-corrected chi connectivity index (χ4v) is 2.74. The molecule has 20 heavy (non-hydrogen) atoms. The Kier molecular flexibility index (Phi) is 5.41. The second-order valence-electron chi connectivity index (χ2n) is 5.03. The quantitative estimate of drug-likeness (QED) is 0.731. The molecule has 1 heterocycles. The summed E-state index contributed by atoms with van der Waals surface area (Å²) in [6, 6.07) is 3.27. The number of aryl methyl sites for hydroxylation is 2. The monoisotopic (exact) mass is 361 g/mol. The first-order valence-electron chi connectivity index (χ1n) is 6.57. The second-order valence-corrected chi connectivity index (χ2v) is 6.26. The number of hydrogen-bond acceptors (Lipinski definition) is 2. The van der Waals surface area contributed by atoms with Gasteiger partial charge in [-0.2, -0.15) is 0 Å². The summed E-state index contributed by atoms with van der Waals surface area (Å²) in [5, 5.41) is 0. The van der Waals surface area contributed by atoms with Crippen LogP contribution >= 0.6 is 27.5 Å². The summed E-state index contributed by atoms with van der Waals surface area (Å²) in [5.41, 5.74) is 1.65. The molecule has 0 atom stereocenters. The average molecular weight is 363 g/mol. The van der Waals surface area contributed by atoms with Gasteiger partial charge in [0.05, 0.1) is 15.5 Å². The molecule has 0 saturated heterocycles. The van der Waals surface area contributed by atoms with Crippen molar-refractivity contribution in [1.82, 2.24) is 14.5 Å². The lowest BCUT2D eigenvalue weighted by Gasteiger charge is -2.12. The minimum absolute atomic E-state index is 0.284. The molecule has 0 amide bonds. The largest absolute Gasteiger partial charge is 0.328 e. The molecular weight excluding hydrogens is 345 g/mol. The number of halogens is 3. The van der Waals surface area contributed by atoms with Crippen LogP contribution < -0.4 is 0 Å². The molecule has 0 N–H and O–H groups in total. The maximum Gasteiger partial charge on any atom is 0.139 e. The van der Waals surface area contributed by atoms with Crippen molar-refractivity contribution in [1.29, 1.82) is 0 Å². The lowest BCUT2D eigenvalue weighted by atomic mass is 10.3. The summed E-state index contributed by atoms with van der Waals surface area (Å²) in [4.78, 5) is 6.65. The molecule has 1 aromatic carbocycles. The fraction of sp³-hybridized carbons (Fsp3) is 0.500. The van der Waals surface area contributed by atoms with E-state index in [0.717, 1.165) is 30.9 Å². The number of hydrogen-bond donors (Lipinski definition) is 0. The summed E-state index contributed by atoms with van der Waals surface area (Å²) >= 11 is 9.08. The Morgan fingerprint density at radius 2 is 2.15 bits per heavy atom. The molecule has 0 radical (unpaired) electrons. The van der Waals surface area contributed by atoms with E-state index in [-0.39, 0.29) is 5.82 Å². The van der Waals surface area contributed by atoms with E-state index in [9.17, 15) is 4.39 Å². The Morgan fingerprint density at radius 3 is 2.80 bits per heavy atom. The van der Waals surface area contributed by atoms with Gasteiger partial charge in [0.25, 0.3) is 0 Å². The number of rotatable bonds is 6. The molecule has 0 aliphatic heterocycles. The molecule has 1 aromatic heterocycles. The Morgan fingerprint density at radius 1 is 1.40 bits per heavy atom. The van der Waals surface area contributed by atoms with Gasteiger partial charge < -0.3 is 9.47 Å². The first-order valence-corrected chi connectivity index (χ1v) is 7.90. The maximum atomic E-state index is 13.6. The standard InChI is InChI=1S/C14H18BrClFN3/c1-19(2)6-3-7-20-13-8-10(15)11(17)9-12(13)18-14(20)4-5-16/h8-9H,3-7H2,1-2H3. The Labute approximate surface area is 131 Å². The molecule has 0 spiro atoms. The second kappa shape index (κ2) is 6.87. The highest BCUT2D eigenvalue weighted by molar-refractivity contribution is 9.10. The van der Waals surface area contributed by atoms with Crippen LogP contribution in [0.5, 0.6) is 0 Å². The Hall–Kier alpha value is -0.650. The summed E-state index contributed by atoms with van der Waals surface area (Å²) in [6.07, 6.45) is 1.71. The number of alkyl halides is 1.